The molecule has 0 amide bonds. The van der Waals surface area contributed by atoms with Gasteiger partial charge in [-0.1, -0.05) is 41.9 Å². The number of hydrogen-bond donors (Lipinski definition) is 2. The molecule has 22 heavy (non-hydrogen) atoms. The zero-order chi connectivity index (χ0) is 15.1. The number of aliphatic hydroxyl groups is 1. The fourth-order valence-electron chi connectivity index (χ4n) is 1.91. The van der Waals surface area contributed by atoms with Crippen LogP contribution >= 0.6 is 11.6 Å². The first-order chi connectivity index (χ1) is 10.1. The van der Waals surface area contributed by atoms with Crippen molar-refractivity contribution in [1.82, 2.24) is 5.32 Å². The summed E-state index contributed by atoms with van der Waals surface area (Å²) in [6, 6.07) is 15.6. The average molecular weight is 341 g/mol. The number of hydrogen-bond acceptors (Lipinski definition) is 3. The summed E-state index contributed by atoms with van der Waals surface area (Å²) < 4.78 is 5.73. The maximum atomic E-state index is 9.18. The van der Waals surface area contributed by atoms with E-state index in [1.165, 1.54) is 0 Å². The molecule has 0 aromatic heterocycles. The summed E-state index contributed by atoms with van der Waals surface area (Å²) >= 11 is 6.09. The molecule has 0 saturated heterocycles. The van der Waals surface area contributed by atoms with E-state index in [1.807, 2.05) is 48.5 Å². The second kappa shape index (κ2) is 9.70. The minimum absolute atomic E-state index is 0. The van der Waals surface area contributed by atoms with Gasteiger partial charge in [0.05, 0.1) is 6.10 Å². The van der Waals surface area contributed by atoms with Crippen LogP contribution in [0.2, 0.25) is 5.02 Å². The first-order valence-corrected chi connectivity index (χ1v) is 7.37. The number of halogens is 2. The summed E-state index contributed by atoms with van der Waals surface area (Å²) in [5.41, 5.74) is 2.13. The van der Waals surface area contributed by atoms with Gasteiger partial charge in [-0.05, 0) is 30.7 Å². The number of rotatable bonds is 7. The van der Waals surface area contributed by atoms with Gasteiger partial charge >= 0.3 is 0 Å². The number of aliphatic hydroxyl groups excluding tert-OH is 1. The van der Waals surface area contributed by atoms with Gasteiger partial charge in [0.15, 0.2) is 0 Å². The highest BCUT2D eigenvalue weighted by atomic mass is 35.5. The van der Waals surface area contributed by atoms with Crippen molar-refractivity contribution in [2.75, 3.05) is 6.54 Å². The molecule has 0 heterocycles. The number of ether oxygens (including phenoxy) is 1. The molecule has 0 aliphatic carbocycles. The highest BCUT2D eigenvalue weighted by molar-refractivity contribution is 6.31. The van der Waals surface area contributed by atoms with Crippen molar-refractivity contribution in [2.45, 2.75) is 26.2 Å². The molecule has 0 fully saturated rings. The summed E-state index contributed by atoms with van der Waals surface area (Å²) in [4.78, 5) is 0. The molecule has 0 aliphatic heterocycles. The van der Waals surface area contributed by atoms with Crippen molar-refractivity contribution in [2.24, 2.45) is 0 Å². The van der Waals surface area contributed by atoms with Crippen LogP contribution in [0.15, 0.2) is 48.5 Å². The Kier molecular flexibility index (Phi) is 8.28. The molecular formula is C17H20Cl2NO2-. The van der Waals surface area contributed by atoms with E-state index in [1.54, 1.807) is 6.92 Å². The molecule has 2 aromatic rings. The molecule has 1 atom stereocenters. The molecule has 2 aromatic carbocycles. The third-order valence-electron chi connectivity index (χ3n) is 3.04. The van der Waals surface area contributed by atoms with Gasteiger partial charge in [0, 0.05) is 23.7 Å². The first kappa shape index (κ1) is 18.8. The van der Waals surface area contributed by atoms with Crippen LogP contribution < -0.4 is 22.5 Å². The molecule has 0 saturated carbocycles. The molecule has 0 radical (unpaired) electrons. The lowest BCUT2D eigenvalue weighted by Gasteiger charge is -2.09. The maximum Gasteiger partial charge on any atom is 0.119 e. The fraction of sp³-hybridized carbons (Fsp3) is 0.294. The molecule has 2 N–H and O–H groups in total. The minimum Gasteiger partial charge on any atom is -1.00 e. The van der Waals surface area contributed by atoms with E-state index in [2.05, 4.69) is 5.32 Å². The van der Waals surface area contributed by atoms with Crippen LogP contribution in [0, 0.1) is 0 Å². The zero-order valence-corrected chi connectivity index (χ0v) is 13.9. The normalized spacial score (nSPS) is 11.6. The van der Waals surface area contributed by atoms with Crippen molar-refractivity contribution < 1.29 is 22.3 Å². The Labute approximate surface area is 142 Å². The van der Waals surface area contributed by atoms with Gasteiger partial charge in [-0.2, -0.15) is 0 Å². The number of nitrogens with one attached hydrogen (secondary N) is 1. The lowest BCUT2D eigenvalue weighted by Crippen LogP contribution is -3.00. The molecule has 2 rings (SSSR count). The van der Waals surface area contributed by atoms with E-state index >= 15 is 0 Å². The van der Waals surface area contributed by atoms with Gasteiger partial charge in [0.2, 0.25) is 0 Å². The lowest BCUT2D eigenvalue weighted by molar-refractivity contribution is -0.00000680. The summed E-state index contributed by atoms with van der Waals surface area (Å²) in [6.07, 6.45) is -0.330. The van der Waals surface area contributed by atoms with Crippen LogP contribution in [-0.2, 0) is 13.2 Å². The van der Waals surface area contributed by atoms with Crippen LogP contribution in [0.25, 0.3) is 0 Å². The van der Waals surface area contributed by atoms with Crippen LogP contribution in [-0.4, -0.2) is 17.8 Å². The van der Waals surface area contributed by atoms with Gasteiger partial charge in [-0.25, -0.2) is 0 Å². The Hall–Kier alpha value is -1.26. The van der Waals surface area contributed by atoms with Gasteiger partial charge in [0.25, 0.3) is 0 Å². The SMILES string of the molecule is CC(O)CNCc1ccc(OCc2ccccc2Cl)cc1.[Cl-]. The van der Waals surface area contributed by atoms with E-state index in [-0.39, 0.29) is 18.5 Å². The Morgan fingerprint density at radius 2 is 1.82 bits per heavy atom. The highest BCUT2D eigenvalue weighted by Crippen LogP contribution is 2.18. The Balaban J connectivity index is 0.00000242. The predicted octanol–water partition coefficient (Wildman–Crippen LogP) is 0.393. The third-order valence-corrected chi connectivity index (χ3v) is 3.41. The smallest absolute Gasteiger partial charge is 0.119 e. The van der Waals surface area contributed by atoms with E-state index in [9.17, 15) is 5.11 Å². The monoisotopic (exact) mass is 340 g/mol. The fourth-order valence-corrected chi connectivity index (χ4v) is 2.10. The van der Waals surface area contributed by atoms with Gasteiger partial charge in [-0.3, -0.25) is 0 Å². The van der Waals surface area contributed by atoms with Gasteiger partial charge in [-0.15, -0.1) is 0 Å². The summed E-state index contributed by atoms with van der Waals surface area (Å²) in [7, 11) is 0. The molecule has 5 heteroatoms. The molecular weight excluding hydrogens is 321 g/mol. The predicted molar refractivity (Wildman–Crippen MR) is 85.6 cm³/mol. The minimum atomic E-state index is -0.330. The molecule has 3 nitrogen and oxygen atoms in total. The molecule has 1 unspecified atom stereocenters. The second-order valence-corrected chi connectivity index (χ2v) is 5.41. The van der Waals surface area contributed by atoms with Crippen LogP contribution in [0.1, 0.15) is 18.1 Å². The average Bonchev–Trinajstić information content (AvgIpc) is 2.47. The Morgan fingerprint density at radius 3 is 2.45 bits per heavy atom. The van der Waals surface area contributed by atoms with Gasteiger partial charge in [0.1, 0.15) is 12.4 Å². The quantitative estimate of drug-likeness (QED) is 0.766. The van der Waals surface area contributed by atoms with Crippen LogP contribution in [0.4, 0.5) is 0 Å². The Morgan fingerprint density at radius 1 is 1.14 bits per heavy atom. The standard InChI is InChI=1S/C17H20ClNO2.ClH/c1-13(20)10-19-11-14-6-8-16(9-7-14)21-12-15-4-2-3-5-17(15)18;/h2-9,13,19-20H,10-12H2,1H3;1H/p-1. The molecule has 0 bridgehead atoms. The van der Waals surface area contributed by atoms with Crippen molar-refractivity contribution in [3.8, 4) is 5.75 Å². The largest absolute Gasteiger partial charge is 1.00 e. The first-order valence-electron chi connectivity index (χ1n) is 6.99. The van der Waals surface area contributed by atoms with E-state index < -0.39 is 0 Å². The Bertz CT molecular complexity index is 559. The molecule has 120 valence electrons. The van der Waals surface area contributed by atoms with E-state index in [0.29, 0.717) is 13.2 Å². The van der Waals surface area contributed by atoms with Crippen LogP contribution in [0.5, 0.6) is 5.75 Å². The highest BCUT2D eigenvalue weighted by Gasteiger charge is 2.01. The van der Waals surface area contributed by atoms with Crippen molar-refractivity contribution in [3.63, 3.8) is 0 Å². The van der Waals surface area contributed by atoms with Gasteiger partial charge < -0.3 is 27.6 Å². The zero-order valence-electron chi connectivity index (χ0n) is 12.4. The van der Waals surface area contributed by atoms with Crippen molar-refractivity contribution >= 4 is 11.6 Å². The summed E-state index contributed by atoms with van der Waals surface area (Å²) in [6.45, 7) is 3.54. The van der Waals surface area contributed by atoms with Crippen LogP contribution in [0.3, 0.4) is 0 Å². The lowest BCUT2D eigenvalue weighted by atomic mass is 10.2. The van der Waals surface area contributed by atoms with Crippen molar-refractivity contribution in [3.05, 3.63) is 64.7 Å². The molecule has 0 spiro atoms. The van der Waals surface area contributed by atoms with Crippen molar-refractivity contribution in [1.29, 1.82) is 0 Å². The van der Waals surface area contributed by atoms with E-state index in [0.717, 1.165) is 28.4 Å². The second-order valence-electron chi connectivity index (χ2n) is 5.00. The number of benzene rings is 2. The maximum absolute atomic E-state index is 9.18. The van der Waals surface area contributed by atoms with E-state index in [4.69, 9.17) is 16.3 Å². The topological polar surface area (TPSA) is 41.5 Å². The summed E-state index contributed by atoms with van der Waals surface area (Å²) in [5, 5.41) is 13.1. The molecule has 0 aliphatic rings. The summed E-state index contributed by atoms with van der Waals surface area (Å²) in [5.74, 6) is 0.814. The third kappa shape index (κ3) is 6.24.